The number of para-hydroxylation sites is 1. The van der Waals surface area contributed by atoms with Gasteiger partial charge in [-0.3, -0.25) is 4.79 Å². The van der Waals surface area contributed by atoms with Crippen LogP contribution in [-0.2, 0) is 17.8 Å². The van der Waals surface area contributed by atoms with E-state index >= 15 is 0 Å². The number of nitrogens with one attached hydrogen (secondary N) is 1. The third-order valence-corrected chi connectivity index (χ3v) is 5.55. The molecule has 0 spiro atoms. The van der Waals surface area contributed by atoms with Crippen molar-refractivity contribution in [1.82, 2.24) is 9.88 Å². The summed E-state index contributed by atoms with van der Waals surface area (Å²) in [5.74, 6) is 0.191. The average molecular weight is 377 g/mol. The normalized spacial score (nSPS) is 12.2. The molecule has 148 valence electrons. The number of fused-ring (bicyclic) bond motifs is 1. The van der Waals surface area contributed by atoms with Crippen LogP contribution in [0.15, 0.2) is 54.7 Å². The molecule has 3 aromatic rings. The second-order valence-corrected chi connectivity index (χ2v) is 7.41. The summed E-state index contributed by atoms with van der Waals surface area (Å²) in [6.45, 7) is 8.22. The van der Waals surface area contributed by atoms with Crippen molar-refractivity contribution in [1.29, 1.82) is 0 Å². The average Bonchev–Trinajstić information content (AvgIpc) is 3.11. The molecular weight excluding hydrogens is 344 g/mol. The Balaban J connectivity index is 2.04. The molecule has 1 amide bonds. The Labute approximate surface area is 168 Å². The largest absolute Gasteiger partial charge is 0.356 e. The summed E-state index contributed by atoms with van der Waals surface area (Å²) < 4.78 is 2.34. The quantitative estimate of drug-likeness (QED) is 0.480. The fourth-order valence-electron chi connectivity index (χ4n) is 4.03. The van der Waals surface area contributed by atoms with E-state index in [4.69, 9.17) is 0 Å². The summed E-state index contributed by atoms with van der Waals surface area (Å²) >= 11 is 0. The van der Waals surface area contributed by atoms with E-state index in [-0.39, 0.29) is 11.8 Å². The first-order valence-corrected chi connectivity index (χ1v) is 10.6. The van der Waals surface area contributed by atoms with Gasteiger partial charge in [-0.05, 0) is 36.5 Å². The fourth-order valence-corrected chi connectivity index (χ4v) is 4.03. The number of aryl methyl sites for hydroxylation is 2. The molecule has 1 aromatic heterocycles. The van der Waals surface area contributed by atoms with Gasteiger partial charge in [0.2, 0.25) is 5.91 Å². The Morgan fingerprint density at radius 2 is 1.82 bits per heavy atom. The highest BCUT2D eigenvalue weighted by Gasteiger charge is 2.23. The van der Waals surface area contributed by atoms with E-state index in [2.05, 4.69) is 79.3 Å². The Hall–Kier alpha value is -2.55. The molecule has 0 aliphatic rings. The van der Waals surface area contributed by atoms with Crippen molar-refractivity contribution in [3.8, 4) is 0 Å². The predicted molar refractivity (Wildman–Crippen MR) is 118 cm³/mol. The van der Waals surface area contributed by atoms with Gasteiger partial charge in [-0.15, -0.1) is 0 Å². The molecule has 0 unspecified atom stereocenters. The maximum absolute atomic E-state index is 12.7. The SMILES string of the molecule is CCCCNC(=O)C[C@H](c1ccccc1)c1cn(CC)c2c(CC)cccc12. The van der Waals surface area contributed by atoms with E-state index in [0.29, 0.717) is 6.42 Å². The Kier molecular flexibility index (Phi) is 6.91. The standard InChI is InChI=1S/C25H32N2O/c1-4-7-16-26-24(28)17-22(20-12-9-8-10-13-20)23-18-27(6-3)25-19(5-2)14-11-15-21(23)25/h8-15,18,22H,4-7,16-17H2,1-3H3,(H,26,28)/t22-/m1/s1. The van der Waals surface area contributed by atoms with Gasteiger partial charge in [-0.1, -0.05) is 68.8 Å². The molecule has 1 atom stereocenters. The molecule has 3 nitrogen and oxygen atoms in total. The second kappa shape index (κ2) is 9.59. The molecule has 1 heterocycles. The second-order valence-electron chi connectivity index (χ2n) is 7.41. The number of aromatic nitrogens is 1. The first-order valence-electron chi connectivity index (χ1n) is 10.6. The van der Waals surface area contributed by atoms with E-state index in [1.165, 1.54) is 27.6 Å². The fraction of sp³-hybridized carbons (Fsp3) is 0.400. The number of hydrogen-bond donors (Lipinski definition) is 1. The van der Waals surface area contributed by atoms with Gasteiger partial charge in [0.15, 0.2) is 0 Å². The molecule has 0 bridgehead atoms. The van der Waals surface area contributed by atoms with E-state index in [1.807, 2.05) is 6.07 Å². The Morgan fingerprint density at radius 3 is 2.50 bits per heavy atom. The van der Waals surface area contributed by atoms with Gasteiger partial charge >= 0.3 is 0 Å². The number of unbranched alkanes of at least 4 members (excludes halogenated alkanes) is 1. The third-order valence-electron chi connectivity index (χ3n) is 5.55. The smallest absolute Gasteiger partial charge is 0.220 e. The number of carbonyl (C=O) groups is 1. The highest BCUT2D eigenvalue weighted by atomic mass is 16.1. The van der Waals surface area contributed by atoms with Crippen molar-refractivity contribution in [2.45, 2.75) is 58.9 Å². The van der Waals surface area contributed by atoms with Crippen LogP contribution in [0.25, 0.3) is 10.9 Å². The van der Waals surface area contributed by atoms with Crippen LogP contribution < -0.4 is 5.32 Å². The molecule has 0 aliphatic carbocycles. The summed E-state index contributed by atoms with van der Waals surface area (Å²) in [6.07, 6.45) is 5.87. The summed E-state index contributed by atoms with van der Waals surface area (Å²) in [5.41, 5.74) is 5.13. The minimum absolute atomic E-state index is 0.0604. The molecule has 0 saturated carbocycles. The van der Waals surface area contributed by atoms with Crippen LogP contribution in [0.3, 0.4) is 0 Å². The Bertz CT molecular complexity index is 911. The third kappa shape index (κ3) is 4.30. The van der Waals surface area contributed by atoms with Crippen LogP contribution in [0.2, 0.25) is 0 Å². The van der Waals surface area contributed by atoms with Gasteiger partial charge in [-0.25, -0.2) is 0 Å². The first-order chi connectivity index (χ1) is 13.7. The van der Waals surface area contributed by atoms with E-state index in [0.717, 1.165) is 32.4 Å². The van der Waals surface area contributed by atoms with Crippen molar-refractivity contribution in [3.05, 3.63) is 71.4 Å². The Morgan fingerprint density at radius 1 is 1.04 bits per heavy atom. The number of nitrogens with zero attached hydrogens (tertiary/aromatic N) is 1. The number of amides is 1. The van der Waals surface area contributed by atoms with Crippen molar-refractivity contribution in [2.24, 2.45) is 0 Å². The summed E-state index contributed by atoms with van der Waals surface area (Å²) in [6, 6.07) is 17.0. The lowest BCUT2D eigenvalue weighted by Crippen LogP contribution is -2.26. The van der Waals surface area contributed by atoms with Crippen LogP contribution in [0.5, 0.6) is 0 Å². The molecule has 0 radical (unpaired) electrons. The van der Waals surface area contributed by atoms with E-state index in [1.54, 1.807) is 0 Å². The van der Waals surface area contributed by atoms with Gasteiger partial charge in [0, 0.05) is 37.0 Å². The number of benzene rings is 2. The van der Waals surface area contributed by atoms with Gasteiger partial charge in [0.05, 0.1) is 5.52 Å². The van der Waals surface area contributed by atoms with Gasteiger partial charge < -0.3 is 9.88 Å². The zero-order chi connectivity index (χ0) is 19.9. The highest BCUT2D eigenvalue weighted by molar-refractivity contribution is 5.89. The highest BCUT2D eigenvalue weighted by Crippen LogP contribution is 2.36. The lowest BCUT2D eigenvalue weighted by Gasteiger charge is -2.17. The molecule has 3 heteroatoms. The summed E-state index contributed by atoms with van der Waals surface area (Å²) in [5, 5.41) is 4.37. The molecule has 1 N–H and O–H groups in total. The monoisotopic (exact) mass is 376 g/mol. The van der Waals surface area contributed by atoms with Crippen LogP contribution in [-0.4, -0.2) is 17.0 Å². The number of carbonyl (C=O) groups excluding carboxylic acids is 1. The summed E-state index contributed by atoms with van der Waals surface area (Å²) in [4.78, 5) is 12.7. The van der Waals surface area contributed by atoms with Crippen LogP contribution in [0.4, 0.5) is 0 Å². The first kappa shape index (κ1) is 20.2. The molecule has 28 heavy (non-hydrogen) atoms. The van der Waals surface area contributed by atoms with Crippen LogP contribution >= 0.6 is 0 Å². The lowest BCUT2D eigenvalue weighted by atomic mass is 9.87. The zero-order valence-corrected chi connectivity index (χ0v) is 17.4. The van der Waals surface area contributed by atoms with E-state index in [9.17, 15) is 4.79 Å². The van der Waals surface area contributed by atoms with Gasteiger partial charge in [-0.2, -0.15) is 0 Å². The van der Waals surface area contributed by atoms with E-state index < -0.39 is 0 Å². The predicted octanol–water partition coefficient (Wildman–Crippen LogP) is 5.66. The van der Waals surface area contributed by atoms with Gasteiger partial charge in [0.25, 0.3) is 0 Å². The number of hydrogen-bond acceptors (Lipinski definition) is 1. The topological polar surface area (TPSA) is 34.0 Å². The molecule has 0 aliphatic heterocycles. The van der Waals surface area contributed by atoms with Crippen LogP contribution in [0.1, 0.15) is 62.6 Å². The maximum Gasteiger partial charge on any atom is 0.220 e. The van der Waals surface area contributed by atoms with Crippen molar-refractivity contribution in [2.75, 3.05) is 6.54 Å². The minimum Gasteiger partial charge on any atom is -0.356 e. The summed E-state index contributed by atoms with van der Waals surface area (Å²) in [7, 11) is 0. The van der Waals surface area contributed by atoms with Crippen LogP contribution in [0, 0.1) is 0 Å². The molecule has 0 fully saturated rings. The van der Waals surface area contributed by atoms with Crippen molar-refractivity contribution in [3.63, 3.8) is 0 Å². The lowest BCUT2D eigenvalue weighted by molar-refractivity contribution is -0.121. The van der Waals surface area contributed by atoms with Crippen molar-refractivity contribution >= 4 is 16.8 Å². The molecule has 0 saturated heterocycles. The zero-order valence-electron chi connectivity index (χ0n) is 17.4. The van der Waals surface area contributed by atoms with Gasteiger partial charge in [0.1, 0.15) is 0 Å². The molecular formula is C25H32N2O. The maximum atomic E-state index is 12.7. The van der Waals surface area contributed by atoms with Crippen molar-refractivity contribution < 1.29 is 4.79 Å². The molecule has 2 aromatic carbocycles. The minimum atomic E-state index is 0.0604. The molecule has 3 rings (SSSR count). The number of rotatable bonds is 9.